The summed E-state index contributed by atoms with van der Waals surface area (Å²) < 4.78 is 10.3. The Bertz CT molecular complexity index is 274. The van der Waals surface area contributed by atoms with Gasteiger partial charge in [-0.05, 0) is 12.5 Å². The first kappa shape index (κ1) is 12.1. The number of rotatable bonds is 6. The fraction of sp³-hybridized carbons (Fsp3) is 0.636. The number of hydrogen-bond donors (Lipinski definition) is 0. The zero-order valence-electron chi connectivity index (χ0n) is 9.56. The molecule has 1 atom stereocenters. The molecule has 15 heavy (non-hydrogen) atoms. The molecular formula is C11H18N2O2. The van der Waals surface area contributed by atoms with Crippen LogP contribution in [0.25, 0.3) is 0 Å². The second-order valence-corrected chi connectivity index (χ2v) is 3.59. The lowest BCUT2D eigenvalue weighted by Gasteiger charge is -2.10. The minimum absolute atomic E-state index is 0.224. The monoisotopic (exact) mass is 210 g/mol. The molecule has 0 spiro atoms. The maximum atomic E-state index is 5.42. The standard InChI is InChI=1S/C11H18N2O2/c1-9-6-12-11(13-7-9)10(2)8-15-5-4-14-3/h6-7,10H,4-5,8H2,1-3H3. The molecule has 1 rings (SSSR count). The summed E-state index contributed by atoms with van der Waals surface area (Å²) in [6.07, 6.45) is 3.65. The second-order valence-electron chi connectivity index (χ2n) is 3.59. The van der Waals surface area contributed by atoms with E-state index in [2.05, 4.69) is 16.9 Å². The summed E-state index contributed by atoms with van der Waals surface area (Å²) in [7, 11) is 1.66. The highest BCUT2D eigenvalue weighted by molar-refractivity contribution is 5.04. The largest absolute Gasteiger partial charge is 0.382 e. The second kappa shape index (κ2) is 6.48. The van der Waals surface area contributed by atoms with Crippen LogP contribution in [0.2, 0.25) is 0 Å². The lowest BCUT2D eigenvalue weighted by molar-refractivity contribution is 0.0640. The summed E-state index contributed by atoms with van der Waals surface area (Å²) in [5, 5.41) is 0. The van der Waals surface area contributed by atoms with Gasteiger partial charge in [-0.2, -0.15) is 0 Å². The van der Waals surface area contributed by atoms with Crippen molar-refractivity contribution < 1.29 is 9.47 Å². The average molecular weight is 210 g/mol. The van der Waals surface area contributed by atoms with Crippen molar-refractivity contribution in [2.24, 2.45) is 0 Å². The molecule has 0 amide bonds. The van der Waals surface area contributed by atoms with Gasteiger partial charge in [0.15, 0.2) is 0 Å². The molecule has 84 valence electrons. The van der Waals surface area contributed by atoms with Gasteiger partial charge in [-0.25, -0.2) is 9.97 Å². The summed E-state index contributed by atoms with van der Waals surface area (Å²) in [5.74, 6) is 1.06. The molecule has 0 saturated carbocycles. The van der Waals surface area contributed by atoms with E-state index in [1.807, 2.05) is 19.3 Å². The van der Waals surface area contributed by atoms with E-state index in [1.165, 1.54) is 0 Å². The Kier molecular flexibility index (Phi) is 5.21. The van der Waals surface area contributed by atoms with Crippen LogP contribution in [-0.4, -0.2) is 36.9 Å². The molecule has 0 aromatic carbocycles. The molecule has 1 heterocycles. The predicted octanol–water partition coefficient (Wildman–Crippen LogP) is 1.55. The van der Waals surface area contributed by atoms with Gasteiger partial charge in [-0.3, -0.25) is 0 Å². The first-order chi connectivity index (χ1) is 7.24. The fourth-order valence-corrected chi connectivity index (χ4v) is 1.13. The summed E-state index contributed by atoms with van der Waals surface area (Å²) in [4.78, 5) is 8.51. The molecule has 4 heteroatoms. The van der Waals surface area contributed by atoms with Gasteiger partial charge in [0.2, 0.25) is 0 Å². The van der Waals surface area contributed by atoms with Crippen molar-refractivity contribution in [1.82, 2.24) is 9.97 Å². The van der Waals surface area contributed by atoms with Gasteiger partial charge in [0.05, 0.1) is 19.8 Å². The third-order valence-electron chi connectivity index (χ3n) is 2.04. The molecule has 0 fully saturated rings. The number of ether oxygens (including phenoxy) is 2. The van der Waals surface area contributed by atoms with Gasteiger partial charge < -0.3 is 9.47 Å². The van der Waals surface area contributed by atoms with Gasteiger partial charge in [-0.1, -0.05) is 6.92 Å². The van der Waals surface area contributed by atoms with E-state index < -0.39 is 0 Å². The first-order valence-electron chi connectivity index (χ1n) is 5.09. The smallest absolute Gasteiger partial charge is 0.133 e. The summed E-state index contributed by atoms with van der Waals surface area (Å²) in [6.45, 7) is 5.90. The van der Waals surface area contributed by atoms with Gasteiger partial charge in [0, 0.05) is 25.4 Å². The Morgan fingerprint density at radius 3 is 2.53 bits per heavy atom. The van der Waals surface area contributed by atoms with Crippen molar-refractivity contribution in [2.45, 2.75) is 19.8 Å². The molecule has 1 aromatic heterocycles. The van der Waals surface area contributed by atoms with Gasteiger partial charge in [0.25, 0.3) is 0 Å². The van der Waals surface area contributed by atoms with Crippen molar-refractivity contribution in [3.63, 3.8) is 0 Å². The molecule has 1 unspecified atom stereocenters. The Balaban J connectivity index is 2.33. The van der Waals surface area contributed by atoms with E-state index >= 15 is 0 Å². The third-order valence-corrected chi connectivity index (χ3v) is 2.04. The van der Waals surface area contributed by atoms with E-state index in [0.717, 1.165) is 11.4 Å². The highest BCUT2D eigenvalue weighted by Gasteiger charge is 2.07. The Hall–Kier alpha value is -1.00. The van der Waals surface area contributed by atoms with Crippen LogP contribution >= 0.6 is 0 Å². The molecule has 0 aliphatic carbocycles. The number of methoxy groups -OCH3 is 1. The van der Waals surface area contributed by atoms with Gasteiger partial charge in [0.1, 0.15) is 5.82 Å². The van der Waals surface area contributed by atoms with E-state index in [9.17, 15) is 0 Å². The molecule has 0 aliphatic rings. The highest BCUT2D eigenvalue weighted by Crippen LogP contribution is 2.09. The zero-order chi connectivity index (χ0) is 11.1. The number of aryl methyl sites for hydroxylation is 1. The van der Waals surface area contributed by atoms with Crippen molar-refractivity contribution in [3.05, 3.63) is 23.8 Å². The van der Waals surface area contributed by atoms with Crippen LogP contribution in [0.4, 0.5) is 0 Å². The summed E-state index contributed by atoms with van der Waals surface area (Å²) >= 11 is 0. The zero-order valence-corrected chi connectivity index (χ0v) is 9.56. The van der Waals surface area contributed by atoms with Crippen LogP contribution in [0.3, 0.4) is 0 Å². The van der Waals surface area contributed by atoms with Crippen molar-refractivity contribution in [3.8, 4) is 0 Å². The van der Waals surface area contributed by atoms with E-state index in [0.29, 0.717) is 19.8 Å². The van der Waals surface area contributed by atoms with Crippen molar-refractivity contribution in [1.29, 1.82) is 0 Å². The molecule has 0 N–H and O–H groups in total. The fourth-order valence-electron chi connectivity index (χ4n) is 1.13. The molecule has 0 radical (unpaired) electrons. The molecule has 0 saturated heterocycles. The average Bonchev–Trinajstić information content (AvgIpc) is 2.25. The Morgan fingerprint density at radius 1 is 1.27 bits per heavy atom. The Labute approximate surface area is 90.7 Å². The van der Waals surface area contributed by atoms with Crippen LogP contribution in [0.1, 0.15) is 24.2 Å². The lowest BCUT2D eigenvalue weighted by atomic mass is 10.2. The lowest BCUT2D eigenvalue weighted by Crippen LogP contribution is -2.11. The van der Waals surface area contributed by atoms with Crippen LogP contribution < -0.4 is 0 Å². The molecule has 0 aliphatic heterocycles. The van der Waals surface area contributed by atoms with E-state index in [-0.39, 0.29) is 5.92 Å². The highest BCUT2D eigenvalue weighted by atomic mass is 16.5. The minimum Gasteiger partial charge on any atom is -0.382 e. The number of aromatic nitrogens is 2. The van der Waals surface area contributed by atoms with E-state index in [1.54, 1.807) is 7.11 Å². The van der Waals surface area contributed by atoms with Crippen LogP contribution in [-0.2, 0) is 9.47 Å². The van der Waals surface area contributed by atoms with Gasteiger partial charge >= 0.3 is 0 Å². The normalized spacial score (nSPS) is 12.7. The number of hydrogen-bond acceptors (Lipinski definition) is 4. The van der Waals surface area contributed by atoms with Gasteiger partial charge in [-0.15, -0.1) is 0 Å². The maximum Gasteiger partial charge on any atom is 0.133 e. The number of nitrogens with zero attached hydrogens (tertiary/aromatic N) is 2. The molecular weight excluding hydrogens is 192 g/mol. The maximum absolute atomic E-state index is 5.42. The Morgan fingerprint density at radius 2 is 1.93 bits per heavy atom. The predicted molar refractivity (Wildman–Crippen MR) is 57.9 cm³/mol. The molecule has 0 bridgehead atoms. The topological polar surface area (TPSA) is 44.2 Å². The molecule has 1 aromatic rings. The summed E-state index contributed by atoms with van der Waals surface area (Å²) in [6, 6.07) is 0. The van der Waals surface area contributed by atoms with Crippen LogP contribution in [0, 0.1) is 6.92 Å². The summed E-state index contributed by atoms with van der Waals surface area (Å²) in [5.41, 5.74) is 1.08. The first-order valence-corrected chi connectivity index (χ1v) is 5.09. The SMILES string of the molecule is COCCOCC(C)c1ncc(C)cn1. The van der Waals surface area contributed by atoms with Crippen molar-refractivity contribution >= 4 is 0 Å². The van der Waals surface area contributed by atoms with Crippen molar-refractivity contribution in [2.75, 3.05) is 26.9 Å². The quantitative estimate of drug-likeness (QED) is 0.668. The molecule has 4 nitrogen and oxygen atoms in total. The van der Waals surface area contributed by atoms with E-state index in [4.69, 9.17) is 9.47 Å². The minimum atomic E-state index is 0.224. The third kappa shape index (κ3) is 4.36. The van der Waals surface area contributed by atoms with Crippen LogP contribution in [0.15, 0.2) is 12.4 Å². The van der Waals surface area contributed by atoms with Crippen LogP contribution in [0.5, 0.6) is 0 Å².